The number of nitrogens with one attached hydrogen (secondary N) is 1. The summed E-state index contributed by atoms with van der Waals surface area (Å²) in [5.41, 5.74) is 4.36. The number of fused-ring (bicyclic) bond motifs is 1. The third-order valence-electron chi connectivity index (χ3n) is 5.77. The first-order chi connectivity index (χ1) is 16.2. The Morgan fingerprint density at radius 2 is 1.91 bits per heavy atom. The van der Waals surface area contributed by atoms with Crippen LogP contribution in [0.3, 0.4) is 0 Å². The maximum absolute atomic E-state index is 13.0. The molecule has 34 heavy (non-hydrogen) atoms. The van der Waals surface area contributed by atoms with Crippen molar-refractivity contribution in [1.82, 2.24) is 14.8 Å². The number of esters is 1. The van der Waals surface area contributed by atoms with Crippen molar-refractivity contribution in [2.45, 2.75) is 52.7 Å². The SMILES string of the molecule is CCOC(=O)C1=C(C)Nc2ncnn2C1c1cc(Br)ccc1OCc1ccc(C(C)(C)C)cc1. The lowest BCUT2D eigenvalue weighted by Crippen LogP contribution is -2.30. The van der Waals surface area contributed by atoms with Gasteiger partial charge in [0.15, 0.2) is 0 Å². The highest BCUT2D eigenvalue weighted by molar-refractivity contribution is 9.10. The number of hydrogen-bond donors (Lipinski definition) is 1. The second-order valence-corrected chi connectivity index (χ2v) is 10.1. The molecule has 1 aromatic heterocycles. The largest absolute Gasteiger partial charge is 0.489 e. The predicted molar refractivity (Wildman–Crippen MR) is 135 cm³/mol. The van der Waals surface area contributed by atoms with E-state index >= 15 is 0 Å². The number of ether oxygens (including phenoxy) is 2. The van der Waals surface area contributed by atoms with Crippen LogP contribution in [0.15, 0.2) is 64.5 Å². The van der Waals surface area contributed by atoms with Crippen LogP contribution in [0.4, 0.5) is 5.95 Å². The highest BCUT2D eigenvalue weighted by atomic mass is 79.9. The monoisotopic (exact) mass is 524 g/mol. The maximum Gasteiger partial charge on any atom is 0.338 e. The second-order valence-electron chi connectivity index (χ2n) is 9.23. The Bertz CT molecular complexity index is 1230. The van der Waals surface area contributed by atoms with Crippen LogP contribution in [0.25, 0.3) is 0 Å². The predicted octanol–water partition coefficient (Wildman–Crippen LogP) is 5.77. The highest BCUT2D eigenvalue weighted by Crippen LogP contribution is 2.40. The van der Waals surface area contributed by atoms with E-state index in [1.54, 1.807) is 11.6 Å². The molecule has 2 aromatic carbocycles. The fourth-order valence-corrected chi connectivity index (χ4v) is 4.36. The minimum atomic E-state index is -0.548. The lowest BCUT2D eigenvalue weighted by atomic mass is 9.87. The van der Waals surface area contributed by atoms with Crippen LogP contribution in [-0.4, -0.2) is 27.3 Å². The summed E-state index contributed by atoms with van der Waals surface area (Å²) in [6.45, 7) is 10.9. The molecule has 8 heteroatoms. The van der Waals surface area contributed by atoms with Gasteiger partial charge in [-0.1, -0.05) is 61.0 Å². The number of anilines is 1. The zero-order chi connectivity index (χ0) is 24.5. The third kappa shape index (κ3) is 4.87. The molecule has 1 aliphatic heterocycles. The van der Waals surface area contributed by atoms with Gasteiger partial charge in [-0.05, 0) is 48.6 Å². The molecule has 178 valence electrons. The molecular formula is C26H29BrN4O3. The number of carbonyl (C=O) groups excluding carboxylic acids is 1. The fourth-order valence-electron chi connectivity index (χ4n) is 3.98. The maximum atomic E-state index is 13.0. The van der Waals surface area contributed by atoms with Gasteiger partial charge in [-0.25, -0.2) is 9.48 Å². The molecule has 0 amide bonds. The first-order valence-corrected chi connectivity index (χ1v) is 12.0. The van der Waals surface area contributed by atoms with Crippen molar-refractivity contribution in [3.05, 3.63) is 81.2 Å². The minimum Gasteiger partial charge on any atom is -0.489 e. The number of carbonyl (C=O) groups is 1. The summed E-state index contributed by atoms with van der Waals surface area (Å²) in [7, 11) is 0. The molecule has 1 N–H and O–H groups in total. The first kappa shape index (κ1) is 24.0. The van der Waals surface area contributed by atoms with Gasteiger partial charge in [-0.15, -0.1) is 0 Å². The van der Waals surface area contributed by atoms with Crippen molar-refractivity contribution in [2.24, 2.45) is 0 Å². The van der Waals surface area contributed by atoms with E-state index in [2.05, 4.69) is 76.4 Å². The molecule has 1 atom stereocenters. The molecule has 2 heterocycles. The summed E-state index contributed by atoms with van der Waals surface area (Å²) in [5, 5.41) is 7.55. The van der Waals surface area contributed by atoms with Crippen LogP contribution in [0.1, 0.15) is 57.4 Å². The molecule has 0 saturated heterocycles. The zero-order valence-corrected chi connectivity index (χ0v) is 21.6. The molecule has 4 rings (SSSR count). The van der Waals surface area contributed by atoms with Crippen molar-refractivity contribution in [3.8, 4) is 5.75 Å². The summed E-state index contributed by atoms with van der Waals surface area (Å²) in [4.78, 5) is 17.3. The molecule has 0 radical (unpaired) electrons. The van der Waals surface area contributed by atoms with E-state index in [9.17, 15) is 4.79 Å². The number of hydrogen-bond acceptors (Lipinski definition) is 6. The molecule has 7 nitrogen and oxygen atoms in total. The number of aromatic nitrogens is 3. The Morgan fingerprint density at radius 3 is 2.59 bits per heavy atom. The van der Waals surface area contributed by atoms with Crippen LogP contribution in [0, 0.1) is 0 Å². The summed E-state index contributed by atoms with van der Waals surface area (Å²) < 4.78 is 14.2. The van der Waals surface area contributed by atoms with Gasteiger partial charge < -0.3 is 14.8 Å². The molecule has 0 spiro atoms. The Kier molecular flexibility index (Phi) is 6.79. The van der Waals surface area contributed by atoms with Crippen molar-refractivity contribution in [3.63, 3.8) is 0 Å². The van der Waals surface area contributed by atoms with Crippen LogP contribution >= 0.6 is 15.9 Å². The van der Waals surface area contributed by atoms with Crippen molar-refractivity contribution >= 4 is 27.8 Å². The third-order valence-corrected chi connectivity index (χ3v) is 6.26. The van der Waals surface area contributed by atoms with Gasteiger partial charge in [-0.2, -0.15) is 10.1 Å². The van der Waals surface area contributed by atoms with Gasteiger partial charge in [0, 0.05) is 15.7 Å². The lowest BCUT2D eigenvalue weighted by Gasteiger charge is -2.29. The quantitative estimate of drug-likeness (QED) is 0.412. The van der Waals surface area contributed by atoms with E-state index < -0.39 is 12.0 Å². The summed E-state index contributed by atoms with van der Waals surface area (Å²) in [6, 6.07) is 13.7. The first-order valence-electron chi connectivity index (χ1n) is 11.2. The summed E-state index contributed by atoms with van der Waals surface area (Å²) in [5.74, 6) is 0.813. The normalized spacial score (nSPS) is 15.5. The van der Waals surface area contributed by atoms with E-state index in [1.165, 1.54) is 11.9 Å². The average molecular weight is 525 g/mol. The molecule has 1 aliphatic rings. The summed E-state index contributed by atoms with van der Waals surface area (Å²) in [6.07, 6.45) is 1.46. The molecule has 3 aromatic rings. The Morgan fingerprint density at radius 1 is 1.18 bits per heavy atom. The van der Waals surface area contributed by atoms with Gasteiger partial charge >= 0.3 is 5.97 Å². The van der Waals surface area contributed by atoms with Gasteiger partial charge in [0.05, 0.1) is 12.2 Å². The topological polar surface area (TPSA) is 78.3 Å². The number of allylic oxidation sites excluding steroid dienone is 1. The molecule has 0 aliphatic carbocycles. The van der Waals surface area contributed by atoms with Crippen LogP contribution in [-0.2, 0) is 21.6 Å². The van der Waals surface area contributed by atoms with E-state index in [0.717, 1.165) is 15.6 Å². The zero-order valence-electron chi connectivity index (χ0n) is 20.1. The van der Waals surface area contributed by atoms with E-state index in [4.69, 9.17) is 9.47 Å². The lowest BCUT2D eigenvalue weighted by molar-refractivity contribution is -0.139. The number of benzene rings is 2. The Labute approximate surface area is 208 Å². The molecule has 0 fully saturated rings. The number of halogens is 1. The van der Waals surface area contributed by atoms with Crippen molar-refractivity contribution in [2.75, 3.05) is 11.9 Å². The standard InChI is InChI=1S/C26H29BrN4O3/c1-6-33-24(32)22-16(2)30-25-28-15-29-31(25)23(22)20-13-19(27)11-12-21(20)34-14-17-7-9-18(10-8-17)26(3,4)5/h7-13,15,23H,6,14H2,1-5H3,(H,28,29,30). The van der Waals surface area contributed by atoms with E-state index in [0.29, 0.717) is 29.6 Å². The Hall–Kier alpha value is -3.13. The highest BCUT2D eigenvalue weighted by Gasteiger charge is 2.36. The minimum absolute atomic E-state index is 0.0937. The molecular weight excluding hydrogens is 496 g/mol. The van der Waals surface area contributed by atoms with E-state index in [-0.39, 0.29) is 12.0 Å². The van der Waals surface area contributed by atoms with E-state index in [1.807, 2.05) is 25.1 Å². The molecule has 0 bridgehead atoms. The van der Waals surface area contributed by atoms with Gasteiger partial charge in [-0.3, -0.25) is 0 Å². The summed E-state index contributed by atoms with van der Waals surface area (Å²) >= 11 is 3.57. The Balaban J connectivity index is 1.70. The van der Waals surface area contributed by atoms with Gasteiger partial charge in [0.1, 0.15) is 24.7 Å². The average Bonchev–Trinajstić information content (AvgIpc) is 3.25. The fraction of sp³-hybridized carbons (Fsp3) is 0.346. The van der Waals surface area contributed by atoms with Crippen molar-refractivity contribution < 1.29 is 14.3 Å². The van der Waals surface area contributed by atoms with Crippen LogP contribution < -0.4 is 10.1 Å². The second kappa shape index (κ2) is 9.62. The molecule has 1 unspecified atom stereocenters. The van der Waals surface area contributed by atoms with Gasteiger partial charge in [0.25, 0.3) is 0 Å². The van der Waals surface area contributed by atoms with Crippen molar-refractivity contribution in [1.29, 1.82) is 0 Å². The van der Waals surface area contributed by atoms with Gasteiger partial charge in [0.2, 0.25) is 5.95 Å². The smallest absolute Gasteiger partial charge is 0.338 e. The van der Waals surface area contributed by atoms with Crippen LogP contribution in [0.5, 0.6) is 5.75 Å². The number of rotatable bonds is 6. The molecule has 0 saturated carbocycles. The van der Waals surface area contributed by atoms with Crippen LogP contribution in [0.2, 0.25) is 0 Å². The number of nitrogens with zero attached hydrogens (tertiary/aromatic N) is 3.